The van der Waals surface area contributed by atoms with E-state index < -0.39 is 5.92 Å². The van der Waals surface area contributed by atoms with Crippen LogP contribution < -0.4 is 29.4 Å². The number of allylic oxidation sites excluding steroid dienone is 1. The van der Waals surface area contributed by atoms with Crippen molar-refractivity contribution in [3.8, 4) is 34.8 Å². The number of hydrogen-bond donors (Lipinski definition) is 1. The number of fused-ring (bicyclic) bond motifs is 2. The van der Waals surface area contributed by atoms with Crippen LogP contribution in [0.4, 0.5) is 0 Å². The second-order valence-corrected chi connectivity index (χ2v) is 7.51. The van der Waals surface area contributed by atoms with E-state index in [1.807, 2.05) is 31.2 Å². The monoisotopic (exact) mass is 408 g/mol. The highest BCUT2D eigenvalue weighted by Gasteiger charge is 2.33. The lowest BCUT2D eigenvalue weighted by Crippen LogP contribution is -2.21. The van der Waals surface area contributed by atoms with Crippen LogP contribution in [0.1, 0.15) is 37.8 Å². The van der Waals surface area contributed by atoms with Gasteiger partial charge in [-0.2, -0.15) is 5.26 Å². The highest BCUT2D eigenvalue weighted by Crippen LogP contribution is 2.48. The lowest BCUT2D eigenvalue weighted by molar-refractivity contribution is 0.174. The van der Waals surface area contributed by atoms with E-state index >= 15 is 0 Å². The standard InChI is InChI=1S/C23H24N2O5/c1-4-26-19-7-14(5-6-17(19)27-11-13(2)3)22-15-8-20-21(29-12-28-20)9-18(15)30-23(25)16(22)10-24/h5-9,13,22H,4,11-12,25H2,1-3H3/t22-/m0/s1. The topological polar surface area (TPSA) is 96.0 Å². The van der Waals surface area contributed by atoms with Crippen molar-refractivity contribution in [3.05, 3.63) is 52.9 Å². The van der Waals surface area contributed by atoms with Crippen molar-refractivity contribution in [1.29, 1.82) is 5.26 Å². The van der Waals surface area contributed by atoms with E-state index in [2.05, 4.69) is 19.9 Å². The molecule has 0 radical (unpaired) electrons. The van der Waals surface area contributed by atoms with E-state index in [1.165, 1.54) is 0 Å². The summed E-state index contributed by atoms with van der Waals surface area (Å²) in [5, 5.41) is 9.80. The van der Waals surface area contributed by atoms with Crippen LogP contribution in [0, 0.1) is 17.2 Å². The highest BCUT2D eigenvalue weighted by molar-refractivity contribution is 5.62. The normalized spacial score (nSPS) is 16.7. The van der Waals surface area contributed by atoms with Crippen LogP contribution in [-0.4, -0.2) is 20.0 Å². The van der Waals surface area contributed by atoms with E-state index in [9.17, 15) is 5.26 Å². The van der Waals surface area contributed by atoms with Gasteiger partial charge in [0.05, 0.1) is 19.1 Å². The first kappa shape index (κ1) is 19.8. The molecule has 0 unspecified atom stereocenters. The van der Waals surface area contributed by atoms with E-state index in [4.69, 9.17) is 29.4 Å². The van der Waals surface area contributed by atoms with E-state index in [1.54, 1.807) is 6.07 Å². The van der Waals surface area contributed by atoms with Gasteiger partial charge in [-0.1, -0.05) is 19.9 Å². The molecular formula is C23H24N2O5. The number of ether oxygens (including phenoxy) is 5. The Balaban J connectivity index is 1.80. The molecule has 0 aromatic heterocycles. The second-order valence-electron chi connectivity index (χ2n) is 7.51. The van der Waals surface area contributed by atoms with Crippen LogP contribution >= 0.6 is 0 Å². The summed E-state index contributed by atoms with van der Waals surface area (Å²) in [7, 11) is 0. The molecule has 2 heterocycles. The van der Waals surface area contributed by atoms with Gasteiger partial charge in [0.1, 0.15) is 17.4 Å². The van der Waals surface area contributed by atoms with Gasteiger partial charge < -0.3 is 29.4 Å². The largest absolute Gasteiger partial charge is 0.490 e. The van der Waals surface area contributed by atoms with Crippen LogP contribution in [-0.2, 0) is 0 Å². The molecule has 1 atom stereocenters. The molecule has 2 aliphatic rings. The van der Waals surface area contributed by atoms with Gasteiger partial charge in [-0.3, -0.25) is 0 Å². The van der Waals surface area contributed by atoms with Crippen LogP contribution in [0.2, 0.25) is 0 Å². The first-order valence-electron chi connectivity index (χ1n) is 9.92. The number of rotatable bonds is 6. The molecule has 0 fully saturated rings. The van der Waals surface area contributed by atoms with Crippen molar-refractivity contribution >= 4 is 0 Å². The smallest absolute Gasteiger partial charge is 0.231 e. The predicted molar refractivity (Wildman–Crippen MR) is 110 cm³/mol. The Hall–Kier alpha value is -3.53. The minimum absolute atomic E-state index is 0.0759. The minimum Gasteiger partial charge on any atom is -0.490 e. The summed E-state index contributed by atoms with van der Waals surface area (Å²) in [5.41, 5.74) is 8.05. The Morgan fingerprint density at radius 3 is 2.57 bits per heavy atom. The Labute approximate surface area is 175 Å². The summed E-state index contributed by atoms with van der Waals surface area (Å²) < 4.78 is 28.4. The SMILES string of the molecule is CCOc1cc([C@@H]2C(C#N)=C(N)Oc3cc4c(cc32)OCO4)ccc1OCC(C)C. The molecule has 0 saturated heterocycles. The molecule has 2 aromatic carbocycles. The van der Waals surface area contributed by atoms with Crippen LogP contribution in [0.3, 0.4) is 0 Å². The first-order chi connectivity index (χ1) is 14.5. The van der Waals surface area contributed by atoms with Crippen molar-refractivity contribution in [2.24, 2.45) is 11.7 Å². The number of nitriles is 1. The van der Waals surface area contributed by atoms with Crippen LogP contribution in [0.15, 0.2) is 41.8 Å². The van der Waals surface area contributed by atoms with Gasteiger partial charge >= 0.3 is 0 Å². The highest BCUT2D eigenvalue weighted by atomic mass is 16.7. The number of hydrogen-bond acceptors (Lipinski definition) is 7. The predicted octanol–water partition coefficient (Wildman–Crippen LogP) is 4.07. The molecule has 156 valence electrons. The quantitative estimate of drug-likeness (QED) is 0.770. The number of nitrogens with zero attached hydrogens (tertiary/aromatic N) is 1. The minimum atomic E-state index is -0.424. The fraction of sp³-hybridized carbons (Fsp3) is 0.348. The van der Waals surface area contributed by atoms with Crippen molar-refractivity contribution in [1.82, 2.24) is 0 Å². The molecule has 0 amide bonds. The van der Waals surface area contributed by atoms with Crippen molar-refractivity contribution in [2.45, 2.75) is 26.7 Å². The zero-order valence-corrected chi connectivity index (χ0v) is 17.2. The second kappa shape index (κ2) is 8.07. The molecular weight excluding hydrogens is 384 g/mol. The van der Waals surface area contributed by atoms with Crippen molar-refractivity contribution in [2.75, 3.05) is 20.0 Å². The molecule has 2 N–H and O–H groups in total. The average Bonchev–Trinajstić information content (AvgIpc) is 3.17. The summed E-state index contributed by atoms with van der Waals surface area (Å²) >= 11 is 0. The summed E-state index contributed by atoms with van der Waals surface area (Å²) in [5.74, 6) is 3.08. The van der Waals surface area contributed by atoms with Gasteiger partial charge in [0.15, 0.2) is 23.0 Å². The van der Waals surface area contributed by atoms with Crippen molar-refractivity contribution in [3.63, 3.8) is 0 Å². The maximum Gasteiger partial charge on any atom is 0.231 e. The zero-order valence-electron chi connectivity index (χ0n) is 17.2. The Kier molecular flexibility index (Phi) is 5.32. The molecule has 7 heteroatoms. The molecule has 0 bridgehead atoms. The summed E-state index contributed by atoms with van der Waals surface area (Å²) in [4.78, 5) is 0. The Bertz CT molecular complexity index is 1040. The maximum absolute atomic E-state index is 9.80. The third-order valence-electron chi connectivity index (χ3n) is 4.88. The van der Waals surface area contributed by atoms with Crippen molar-refractivity contribution < 1.29 is 23.7 Å². The summed E-state index contributed by atoms with van der Waals surface area (Å²) in [6, 6.07) is 11.5. The molecule has 2 aliphatic heterocycles. The fourth-order valence-electron chi connectivity index (χ4n) is 3.54. The van der Waals surface area contributed by atoms with Gasteiger partial charge in [-0.25, -0.2) is 0 Å². The van der Waals surface area contributed by atoms with Gasteiger partial charge in [0.2, 0.25) is 12.7 Å². The molecule has 7 nitrogen and oxygen atoms in total. The molecule has 0 saturated carbocycles. The third-order valence-corrected chi connectivity index (χ3v) is 4.88. The van der Waals surface area contributed by atoms with E-state index in [-0.39, 0.29) is 12.7 Å². The Morgan fingerprint density at radius 2 is 1.87 bits per heavy atom. The molecule has 4 rings (SSSR count). The molecule has 2 aromatic rings. The Morgan fingerprint density at radius 1 is 1.10 bits per heavy atom. The average molecular weight is 408 g/mol. The molecule has 0 aliphatic carbocycles. The van der Waals surface area contributed by atoms with Gasteiger partial charge in [-0.05, 0) is 36.6 Å². The number of nitrogens with two attached hydrogens (primary N) is 1. The lowest BCUT2D eigenvalue weighted by atomic mass is 9.83. The van der Waals surface area contributed by atoms with E-state index in [0.29, 0.717) is 53.5 Å². The number of benzene rings is 2. The summed E-state index contributed by atoms with van der Waals surface area (Å²) in [6.45, 7) is 7.32. The van der Waals surface area contributed by atoms with Gasteiger partial charge in [0.25, 0.3) is 0 Å². The molecule has 30 heavy (non-hydrogen) atoms. The maximum atomic E-state index is 9.80. The van der Waals surface area contributed by atoms with E-state index in [0.717, 1.165) is 11.1 Å². The third kappa shape index (κ3) is 3.57. The van der Waals surface area contributed by atoms with Gasteiger partial charge in [-0.15, -0.1) is 0 Å². The van der Waals surface area contributed by atoms with Crippen LogP contribution in [0.25, 0.3) is 0 Å². The summed E-state index contributed by atoms with van der Waals surface area (Å²) in [6.07, 6.45) is 0. The van der Waals surface area contributed by atoms with Gasteiger partial charge in [0, 0.05) is 11.6 Å². The fourth-order valence-corrected chi connectivity index (χ4v) is 3.54. The lowest BCUT2D eigenvalue weighted by Gasteiger charge is -2.27. The zero-order chi connectivity index (χ0) is 21.3. The van der Waals surface area contributed by atoms with Crippen LogP contribution in [0.5, 0.6) is 28.7 Å². The molecule has 0 spiro atoms. The first-order valence-corrected chi connectivity index (χ1v) is 9.92.